The summed E-state index contributed by atoms with van der Waals surface area (Å²) >= 11 is 5.16. The molecule has 0 saturated carbocycles. The second kappa shape index (κ2) is 6.43. The predicted octanol–water partition coefficient (Wildman–Crippen LogP) is 4.63. The van der Waals surface area contributed by atoms with Crippen LogP contribution in [-0.2, 0) is 0 Å². The van der Waals surface area contributed by atoms with E-state index in [1.807, 2.05) is 48.5 Å². The molecule has 0 amide bonds. The van der Waals surface area contributed by atoms with Crippen LogP contribution in [0.3, 0.4) is 0 Å². The minimum atomic E-state index is -0.0230. The molecule has 0 saturated heterocycles. The number of fused-ring (bicyclic) bond motifs is 3. The lowest BCUT2D eigenvalue weighted by Crippen LogP contribution is -2.22. The number of nitrogens with zero attached hydrogens (tertiary/aromatic N) is 3. The first-order valence-electron chi connectivity index (χ1n) is 8.91. The van der Waals surface area contributed by atoms with Crippen molar-refractivity contribution in [2.75, 3.05) is 0 Å². The number of aromatic nitrogens is 3. The maximum Gasteiger partial charge on any atom is 0.274 e. The van der Waals surface area contributed by atoms with Gasteiger partial charge in [0.2, 0.25) is 0 Å². The molecular weight excluding hydrogens is 434 g/mol. The molecule has 0 aliphatic carbocycles. The van der Waals surface area contributed by atoms with Crippen molar-refractivity contribution in [2.45, 2.75) is 13.8 Å². The zero-order valence-electron chi connectivity index (χ0n) is 15.3. The third-order valence-electron chi connectivity index (χ3n) is 5.05. The molecule has 28 heavy (non-hydrogen) atoms. The number of rotatable bonds is 2. The zero-order chi connectivity index (χ0) is 19.4. The Labute approximate surface area is 173 Å². The lowest BCUT2D eigenvalue weighted by molar-refractivity contribution is 0.962. The quantitative estimate of drug-likeness (QED) is 0.394. The molecule has 3 heterocycles. The zero-order valence-corrected chi connectivity index (χ0v) is 17.7. The molecule has 4 nitrogen and oxygen atoms in total. The van der Waals surface area contributed by atoms with Gasteiger partial charge in [0.1, 0.15) is 0 Å². The number of imidazole rings is 1. The van der Waals surface area contributed by atoms with Gasteiger partial charge in [0, 0.05) is 27.1 Å². The molecule has 0 fully saturated rings. The van der Waals surface area contributed by atoms with Crippen LogP contribution >= 0.6 is 27.3 Å². The largest absolute Gasteiger partial charge is 0.317 e. The molecule has 0 radical (unpaired) electrons. The lowest BCUT2D eigenvalue weighted by atomic mass is 10.2. The Morgan fingerprint density at radius 2 is 1.71 bits per heavy atom. The highest BCUT2D eigenvalue weighted by molar-refractivity contribution is 9.10. The highest BCUT2D eigenvalue weighted by Gasteiger charge is 2.17. The Morgan fingerprint density at radius 3 is 2.50 bits per heavy atom. The van der Waals surface area contributed by atoms with E-state index in [-0.39, 0.29) is 5.56 Å². The molecule has 6 heteroatoms. The van der Waals surface area contributed by atoms with E-state index in [0.29, 0.717) is 4.53 Å². The molecule has 0 atom stereocenters. The van der Waals surface area contributed by atoms with Crippen LogP contribution in [0.4, 0.5) is 0 Å². The molecule has 0 spiro atoms. The van der Waals surface area contributed by atoms with Crippen LogP contribution < -0.4 is 10.1 Å². The Kier molecular flexibility index (Phi) is 4.00. The smallest absolute Gasteiger partial charge is 0.274 e. The van der Waals surface area contributed by atoms with Crippen LogP contribution in [0.1, 0.15) is 17.0 Å². The van der Waals surface area contributed by atoms with Crippen LogP contribution in [0.2, 0.25) is 0 Å². The van der Waals surface area contributed by atoms with Crippen molar-refractivity contribution in [1.29, 1.82) is 0 Å². The van der Waals surface area contributed by atoms with Gasteiger partial charge in [-0.05, 0) is 60.1 Å². The van der Waals surface area contributed by atoms with Crippen molar-refractivity contribution < 1.29 is 0 Å². The summed E-state index contributed by atoms with van der Waals surface area (Å²) in [5.74, 6) is 0. The SMILES string of the molecule is Cc1c(Br)c(/C=c2\sc3nc4ccccc4n3c2=O)c(C)n1-c1ccccc1. The normalized spacial score (nSPS) is 12.5. The van der Waals surface area contributed by atoms with Gasteiger partial charge in [-0.2, -0.15) is 0 Å². The van der Waals surface area contributed by atoms with Crippen molar-refractivity contribution in [3.63, 3.8) is 0 Å². The van der Waals surface area contributed by atoms with E-state index in [1.165, 1.54) is 11.3 Å². The molecule has 0 N–H and O–H groups in total. The Morgan fingerprint density at radius 1 is 1.00 bits per heavy atom. The van der Waals surface area contributed by atoms with E-state index < -0.39 is 0 Å². The maximum atomic E-state index is 13.1. The van der Waals surface area contributed by atoms with Crippen LogP contribution in [0.5, 0.6) is 0 Å². The Bertz CT molecular complexity index is 1460. The second-order valence-electron chi connectivity index (χ2n) is 6.70. The minimum absolute atomic E-state index is 0.0230. The molecule has 0 aliphatic rings. The number of benzene rings is 2. The average Bonchev–Trinajstić information content (AvgIpc) is 3.28. The topological polar surface area (TPSA) is 39.3 Å². The number of halogens is 1. The third kappa shape index (κ3) is 2.48. The first-order chi connectivity index (χ1) is 13.6. The summed E-state index contributed by atoms with van der Waals surface area (Å²) in [7, 11) is 0. The number of hydrogen-bond donors (Lipinski definition) is 0. The van der Waals surface area contributed by atoms with Gasteiger partial charge in [-0.1, -0.05) is 41.7 Å². The van der Waals surface area contributed by atoms with Crippen LogP contribution in [0.25, 0.3) is 27.8 Å². The first kappa shape index (κ1) is 17.4. The van der Waals surface area contributed by atoms with E-state index in [0.717, 1.165) is 43.1 Å². The molecule has 5 rings (SSSR count). The van der Waals surface area contributed by atoms with Crippen molar-refractivity contribution in [1.82, 2.24) is 14.0 Å². The molecule has 0 unspecified atom stereocenters. The number of hydrogen-bond acceptors (Lipinski definition) is 3. The Hall–Kier alpha value is -2.70. The average molecular weight is 450 g/mol. The fourth-order valence-corrected chi connectivity index (χ4v) is 5.25. The molecule has 3 aromatic heterocycles. The Balaban J connectivity index is 1.76. The second-order valence-corrected chi connectivity index (χ2v) is 8.51. The van der Waals surface area contributed by atoms with E-state index >= 15 is 0 Å². The van der Waals surface area contributed by atoms with E-state index in [2.05, 4.69) is 51.5 Å². The van der Waals surface area contributed by atoms with Gasteiger partial charge in [0.05, 0.1) is 15.6 Å². The van der Waals surface area contributed by atoms with Gasteiger partial charge in [0.15, 0.2) is 4.96 Å². The van der Waals surface area contributed by atoms with Crippen LogP contribution in [-0.4, -0.2) is 14.0 Å². The van der Waals surface area contributed by atoms with Crippen molar-refractivity contribution in [2.24, 2.45) is 0 Å². The van der Waals surface area contributed by atoms with Crippen molar-refractivity contribution in [3.05, 3.63) is 90.9 Å². The number of thiazole rings is 1. The molecular formula is C22H16BrN3OS. The highest BCUT2D eigenvalue weighted by Crippen LogP contribution is 2.31. The van der Waals surface area contributed by atoms with Gasteiger partial charge >= 0.3 is 0 Å². The fraction of sp³-hybridized carbons (Fsp3) is 0.0909. The van der Waals surface area contributed by atoms with E-state index in [9.17, 15) is 4.79 Å². The predicted molar refractivity (Wildman–Crippen MR) is 119 cm³/mol. The summed E-state index contributed by atoms with van der Waals surface area (Å²) < 4.78 is 5.59. The third-order valence-corrected chi connectivity index (χ3v) is 7.02. The summed E-state index contributed by atoms with van der Waals surface area (Å²) in [6, 6.07) is 18.0. The summed E-state index contributed by atoms with van der Waals surface area (Å²) in [5.41, 5.74) is 6.00. The first-order valence-corrected chi connectivity index (χ1v) is 10.5. The van der Waals surface area contributed by atoms with Gasteiger partial charge in [-0.3, -0.25) is 4.79 Å². The summed E-state index contributed by atoms with van der Waals surface area (Å²) in [6.07, 6.45) is 1.97. The van der Waals surface area contributed by atoms with Gasteiger partial charge in [0.25, 0.3) is 5.56 Å². The van der Waals surface area contributed by atoms with E-state index in [1.54, 1.807) is 4.40 Å². The van der Waals surface area contributed by atoms with Crippen molar-refractivity contribution in [3.8, 4) is 5.69 Å². The summed E-state index contributed by atoms with van der Waals surface area (Å²) in [5, 5.41) is 0. The van der Waals surface area contributed by atoms with Gasteiger partial charge < -0.3 is 4.57 Å². The summed E-state index contributed by atoms with van der Waals surface area (Å²) in [4.78, 5) is 18.4. The molecule has 0 bridgehead atoms. The standard InChI is InChI=1S/C22H16BrN3OS/c1-13-16(20(23)14(2)25(13)15-8-4-3-5-9-15)12-19-21(27)26-18-11-7-6-10-17(18)24-22(26)28-19/h3-12H,1-2H3/b19-12-. The van der Waals surface area contributed by atoms with Gasteiger partial charge in [-0.25, -0.2) is 9.38 Å². The molecule has 5 aromatic rings. The summed E-state index contributed by atoms with van der Waals surface area (Å²) in [6.45, 7) is 4.16. The van der Waals surface area contributed by atoms with Crippen molar-refractivity contribution >= 4 is 49.3 Å². The maximum absolute atomic E-state index is 13.1. The van der Waals surface area contributed by atoms with Crippen LogP contribution in [0.15, 0.2) is 63.9 Å². The monoisotopic (exact) mass is 449 g/mol. The number of para-hydroxylation sites is 3. The highest BCUT2D eigenvalue weighted by atomic mass is 79.9. The fourth-order valence-electron chi connectivity index (χ4n) is 3.70. The lowest BCUT2D eigenvalue weighted by Gasteiger charge is -2.08. The van der Waals surface area contributed by atoms with E-state index in [4.69, 9.17) is 0 Å². The van der Waals surface area contributed by atoms with Gasteiger partial charge in [-0.15, -0.1) is 0 Å². The minimum Gasteiger partial charge on any atom is -0.317 e. The molecule has 138 valence electrons. The molecule has 0 aliphatic heterocycles. The van der Waals surface area contributed by atoms with Crippen LogP contribution in [0, 0.1) is 13.8 Å². The molecule has 2 aromatic carbocycles.